The van der Waals surface area contributed by atoms with Gasteiger partial charge in [0.1, 0.15) is 11.5 Å². The summed E-state index contributed by atoms with van der Waals surface area (Å²) in [7, 11) is 0. The largest absolute Gasteiger partial charge is 0.356 e. The Balaban J connectivity index is 1.83. The third-order valence-electron chi connectivity index (χ3n) is 4.45. The summed E-state index contributed by atoms with van der Waals surface area (Å²) < 4.78 is 0. The van der Waals surface area contributed by atoms with Gasteiger partial charge in [-0.2, -0.15) is 0 Å². The summed E-state index contributed by atoms with van der Waals surface area (Å²) in [5.41, 5.74) is 7.86. The second-order valence-electron chi connectivity index (χ2n) is 6.49. The number of nitrogens with two attached hydrogens (primary N) is 1. The van der Waals surface area contributed by atoms with Crippen LogP contribution in [0.25, 0.3) is 0 Å². The first-order valence-electron chi connectivity index (χ1n) is 7.93. The van der Waals surface area contributed by atoms with Crippen molar-refractivity contribution in [3.8, 4) is 0 Å². The van der Waals surface area contributed by atoms with E-state index in [-0.39, 0.29) is 11.3 Å². The van der Waals surface area contributed by atoms with E-state index in [1.54, 1.807) is 24.4 Å². The Hall–Kier alpha value is -2.27. The maximum absolute atomic E-state index is 12.7. The smallest absolute Gasteiger partial charge is 0.213 e. The number of hydrogen-bond acceptors (Lipinski definition) is 5. The molecule has 1 aliphatic heterocycles. The molecule has 5 nitrogen and oxygen atoms in total. The second-order valence-corrected chi connectivity index (χ2v) is 6.49. The number of nitrogens with zero attached hydrogens (tertiary/aromatic N) is 3. The molecule has 0 radical (unpaired) electrons. The lowest BCUT2D eigenvalue weighted by atomic mass is 9.91. The number of rotatable bonds is 3. The first kappa shape index (κ1) is 15.6. The lowest BCUT2D eigenvalue weighted by Crippen LogP contribution is -2.48. The minimum Gasteiger partial charge on any atom is -0.356 e. The van der Waals surface area contributed by atoms with Crippen LogP contribution >= 0.6 is 0 Å². The standard InChI is InChI=1S/C18H22N4O/c1-13-14(5-4-10-20-13)17(23)15-6-3-7-16(21-15)22-11-8-18(2,19)9-12-22/h3-7,10H,8-9,11-12,19H2,1-2H3. The number of piperidine rings is 1. The van der Waals surface area contributed by atoms with Gasteiger partial charge in [0.05, 0.1) is 0 Å². The van der Waals surface area contributed by atoms with Crippen molar-refractivity contribution in [2.45, 2.75) is 32.2 Å². The molecule has 2 N–H and O–H groups in total. The van der Waals surface area contributed by atoms with Crippen molar-refractivity contribution in [3.05, 3.63) is 53.5 Å². The van der Waals surface area contributed by atoms with E-state index in [4.69, 9.17) is 5.73 Å². The van der Waals surface area contributed by atoms with Crippen LogP contribution in [-0.2, 0) is 0 Å². The average Bonchev–Trinajstić information content (AvgIpc) is 2.55. The third-order valence-corrected chi connectivity index (χ3v) is 4.45. The highest BCUT2D eigenvalue weighted by Gasteiger charge is 2.26. The zero-order valence-electron chi connectivity index (χ0n) is 13.6. The van der Waals surface area contributed by atoms with E-state index in [0.29, 0.717) is 11.3 Å². The topological polar surface area (TPSA) is 72.1 Å². The van der Waals surface area contributed by atoms with Crippen LogP contribution in [0.1, 0.15) is 41.5 Å². The number of aromatic nitrogens is 2. The van der Waals surface area contributed by atoms with Gasteiger partial charge in [-0.15, -0.1) is 0 Å². The minimum atomic E-state index is -0.100. The maximum Gasteiger partial charge on any atom is 0.213 e. The summed E-state index contributed by atoms with van der Waals surface area (Å²) in [5, 5.41) is 0. The van der Waals surface area contributed by atoms with E-state index in [1.807, 2.05) is 19.1 Å². The quantitative estimate of drug-likeness (QED) is 0.881. The molecule has 0 aliphatic carbocycles. The molecule has 2 aromatic heterocycles. The van der Waals surface area contributed by atoms with E-state index in [0.717, 1.165) is 37.4 Å². The van der Waals surface area contributed by atoms with E-state index in [2.05, 4.69) is 21.8 Å². The summed E-state index contributed by atoms with van der Waals surface area (Å²) in [5.74, 6) is 0.756. The van der Waals surface area contributed by atoms with E-state index >= 15 is 0 Å². The van der Waals surface area contributed by atoms with Gasteiger partial charge in [-0.05, 0) is 51.0 Å². The van der Waals surface area contributed by atoms with E-state index < -0.39 is 0 Å². The number of pyridine rings is 2. The predicted octanol–water partition coefficient (Wildman–Crippen LogP) is 2.33. The highest BCUT2D eigenvalue weighted by Crippen LogP contribution is 2.23. The Morgan fingerprint density at radius 2 is 1.96 bits per heavy atom. The van der Waals surface area contributed by atoms with E-state index in [1.165, 1.54) is 0 Å². The summed E-state index contributed by atoms with van der Waals surface area (Å²) in [6.07, 6.45) is 3.54. The van der Waals surface area contributed by atoms with Crippen LogP contribution in [-0.4, -0.2) is 34.4 Å². The molecule has 23 heavy (non-hydrogen) atoms. The number of aryl methyl sites for hydroxylation is 1. The van der Waals surface area contributed by atoms with Gasteiger partial charge < -0.3 is 10.6 Å². The Morgan fingerprint density at radius 3 is 2.65 bits per heavy atom. The summed E-state index contributed by atoms with van der Waals surface area (Å²) in [4.78, 5) is 23.6. The fourth-order valence-electron chi connectivity index (χ4n) is 2.83. The van der Waals surface area contributed by atoms with Crippen LogP contribution in [0.4, 0.5) is 5.82 Å². The molecule has 0 aromatic carbocycles. The molecule has 5 heteroatoms. The number of anilines is 1. The average molecular weight is 310 g/mol. The van der Waals surface area contributed by atoms with Gasteiger partial charge in [0.15, 0.2) is 0 Å². The first-order chi connectivity index (χ1) is 11.0. The zero-order valence-corrected chi connectivity index (χ0v) is 13.6. The molecular formula is C18H22N4O. The van der Waals surface area contributed by atoms with Gasteiger partial charge >= 0.3 is 0 Å². The summed E-state index contributed by atoms with van der Waals surface area (Å²) in [6, 6.07) is 9.16. The maximum atomic E-state index is 12.7. The lowest BCUT2D eigenvalue weighted by Gasteiger charge is -2.37. The number of hydrogen-bond donors (Lipinski definition) is 1. The molecular weight excluding hydrogens is 288 g/mol. The van der Waals surface area contributed by atoms with Crippen molar-refractivity contribution in [1.82, 2.24) is 9.97 Å². The van der Waals surface area contributed by atoms with Gasteiger partial charge in [0, 0.05) is 36.1 Å². The van der Waals surface area contributed by atoms with Gasteiger partial charge in [-0.1, -0.05) is 6.07 Å². The summed E-state index contributed by atoms with van der Waals surface area (Å²) in [6.45, 7) is 5.65. The Bertz CT molecular complexity index is 716. The van der Waals surface area contributed by atoms with Crippen molar-refractivity contribution in [1.29, 1.82) is 0 Å². The minimum absolute atomic E-state index is 0.0851. The van der Waals surface area contributed by atoms with E-state index in [9.17, 15) is 4.79 Å². The Labute approximate surface area is 136 Å². The normalized spacial score (nSPS) is 17.1. The van der Waals surface area contributed by atoms with Crippen LogP contribution in [0, 0.1) is 6.92 Å². The van der Waals surface area contributed by atoms with Gasteiger partial charge in [0.25, 0.3) is 0 Å². The van der Waals surface area contributed by atoms with Crippen LogP contribution in [0.3, 0.4) is 0 Å². The van der Waals surface area contributed by atoms with Crippen molar-refractivity contribution >= 4 is 11.6 Å². The van der Waals surface area contributed by atoms with Crippen molar-refractivity contribution in [3.63, 3.8) is 0 Å². The molecule has 0 amide bonds. The van der Waals surface area contributed by atoms with Crippen LogP contribution in [0.2, 0.25) is 0 Å². The molecule has 0 spiro atoms. The molecule has 1 fully saturated rings. The molecule has 1 aliphatic rings. The predicted molar refractivity (Wildman–Crippen MR) is 90.7 cm³/mol. The zero-order chi connectivity index (χ0) is 16.4. The molecule has 120 valence electrons. The fraction of sp³-hybridized carbons (Fsp3) is 0.389. The van der Waals surface area contributed by atoms with Crippen molar-refractivity contribution < 1.29 is 4.79 Å². The number of carbonyl (C=O) groups is 1. The lowest BCUT2D eigenvalue weighted by molar-refractivity contribution is 0.103. The van der Waals surface area contributed by atoms with Crippen LogP contribution < -0.4 is 10.6 Å². The van der Waals surface area contributed by atoms with Gasteiger partial charge in [-0.3, -0.25) is 9.78 Å². The van der Waals surface area contributed by atoms with Crippen molar-refractivity contribution in [2.75, 3.05) is 18.0 Å². The first-order valence-corrected chi connectivity index (χ1v) is 7.93. The molecule has 0 saturated carbocycles. The number of ketones is 1. The Morgan fingerprint density at radius 1 is 1.22 bits per heavy atom. The molecule has 3 heterocycles. The summed E-state index contributed by atoms with van der Waals surface area (Å²) >= 11 is 0. The number of carbonyl (C=O) groups excluding carboxylic acids is 1. The molecule has 0 atom stereocenters. The fourth-order valence-corrected chi connectivity index (χ4v) is 2.83. The van der Waals surface area contributed by atoms with Gasteiger partial charge in [-0.25, -0.2) is 4.98 Å². The van der Waals surface area contributed by atoms with Gasteiger partial charge in [0.2, 0.25) is 5.78 Å². The second kappa shape index (κ2) is 6.08. The molecule has 1 saturated heterocycles. The highest BCUT2D eigenvalue weighted by molar-refractivity contribution is 6.08. The van der Waals surface area contributed by atoms with Crippen LogP contribution in [0.15, 0.2) is 36.5 Å². The molecule has 0 unspecified atom stereocenters. The monoisotopic (exact) mass is 310 g/mol. The Kier molecular flexibility index (Phi) is 4.13. The molecule has 3 rings (SSSR count). The highest BCUT2D eigenvalue weighted by atomic mass is 16.1. The molecule has 0 bridgehead atoms. The van der Waals surface area contributed by atoms with Crippen LogP contribution in [0.5, 0.6) is 0 Å². The molecule has 2 aromatic rings. The SMILES string of the molecule is Cc1ncccc1C(=O)c1cccc(N2CCC(C)(N)CC2)n1. The third kappa shape index (κ3) is 3.40. The van der Waals surface area contributed by atoms with Crippen molar-refractivity contribution in [2.24, 2.45) is 5.73 Å².